The van der Waals surface area contributed by atoms with Crippen molar-refractivity contribution < 1.29 is 73.4 Å². The largest absolute Gasteiger partial charge is 0.497 e. The second kappa shape index (κ2) is 17.9. The van der Waals surface area contributed by atoms with Crippen molar-refractivity contribution in [2.24, 2.45) is 46.3 Å². The van der Waals surface area contributed by atoms with Gasteiger partial charge in [-0.15, -0.1) is 0 Å². The van der Waals surface area contributed by atoms with E-state index in [4.69, 9.17) is 33.2 Å². The van der Waals surface area contributed by atoms with Crippen LogP contribution in [0.2, 0.25) is 0 Å². The number of allylic oxidation sites excluding steroid dienone is 2. The maximum Gasteiger partial charge on any atom is 0.338 e. The van der Waals surface area contributed by atoms with Crippen molar-refractivity contribution in [2.45, 2.75) is 159 Å². The summed E-state index contributed by atoms with van der Waals surface area (Å²) in [5, 5.41) is 65.8. The Hall–Kier alpha value is -2.80. The van der Waals surface area contributed by atoms with Gasteiger partial charge in [-0.25, -0.2) is 4.79 Å². The van der Waals surface area contributed by atoms with Crippen molar-refractivity contribution in [3.05, 3.63) is 53.1 Å². The molecule has 344 valence electrons. The van der Waals surface area contributed by atoms with Gasteiger partial charge >= 0.3 is 5.97 Å². The molecule has 7 aliphatic rings. The highest BCUT2D eigenvalue weighted by atomic mass is 16.8. The van der Waals surface area contributed by atoms with E-state index in [9.17, 15) is 40.2 Å². The molecule has 0 unspecified atom stereocenters. The molecule has 6 N–H and O–H groups in total. The van der Waals surface area contributed by atoms with Crippen LogP contribution in [-0.4, -0.2) is 137 Å². The van der Waals surface area contributed by atoms with Crippen LogP contribution in [0.5, 0.6) is 5.75 Å². The lowest BCUT2D eigenvalue weighted by molar-refractivity contribution is -0.369. The minimum atomic E-state index is -1.74. The fourth-order valence-electron chi connectivity index (χ4n) is 12.9. The molecule has 15 heteroatoms. The van der Waals surface area contributed by atoms with Crippen molar-refractivity contribution in [3.63, 3.8) is 0 Å². The minimum absolute atomic E-state index is 0.0372. The van der Waals surface area contributed by atoms with Gasteiger partial charge in [0, 0.05) is 17.3 Å². The van der Waals surface area contributed by atoms with Crippen LogP contribution >= 0.6 is 0 Å². The number of aldehydes is 1. The second-order valence-electron chi connectivity index (χ2n) is 19.6. The molecule has 3 saturated heterocycles. The first-order valence-electron chi connectivity index (χ1n) is 22.5. The summed E-state index contributed by atoms with van der Waals surface area (Å²) in [7, 11) is 1.50. The van der Waals surface area contributed by atoms with Crippen molar-refractivity contribution in [2.75, 3.05) is 13.7 Å². The van der Waals surface area contributed by atoms with Gasteiger partial charge in [0.15, 0.2) is 25.0 Å². The molecule has 0 aromatic heterocycles. The molecule has 3 saturated carbocycles. The summed E-state index contributed by atoms with van der Waals surface area (Å²) in [5.74, 6) is 0.524. The third-order valence-electron chi connectivity index (χ3n) is 16.1. The molecule has 4 aliphatic carbocycles. The lowest BCUT2D eigenvalue weighted by atomic mass is 9.46. The maximum atomic E-state index is 13.4. The number of carbonyl (C=O) groups is 2. The molecule has 15 nitrogen and oxygen atoms in total. The number of methoxy groups -OCH3 is 1. The molecular weight excluding hydrogens is 805 g/mol. The Morgan fingerprint density at radius 2 is 1.61 bits per heavy atom. The van der Waals surface area contributed by atoms with Gasteiger partial charge in [0.05, 0.1) is 37.6 Å². The van der Waals surface area contributed by atoms with Gasteiger partial charge < -0.3 is 68.6 Å². The van der Waals surface area contributed by atoms with Crippen LogP contribution in [0.4, 0.5) is 0 Å². The molecule has 8 rings (SSSR count). The molecule has 0 amide bonds. The van der Waals surface area contributed by atoms with Crippen LogP contribution < -0.4 is 4.74 Å². The lowest BCUT2D eigenvalue weighted by Crippen LogP contribution is -2.64. The number of aliphatic hydroxyl groups excluding tert-OH is 6. The van der Waals surface area contributed by atoms with Crippen LogP contribution in [0.15, 0.2) is 47.6 Å². The molecule has 21 atom stereocenters. The van der Waals surface area contributed by atoms with E-state index >= 15 is 0 Å². The fraction of sp³-hybridized carbons (Fsp3) is 0.745. The first-order chi connectivity index (χ1) is 29.5. The second-order valence-corrected chi connectivity index (χ2v) is 19.6. The summed E-state index contributed by atoms with van der Waals surface area (Å²) in [4.78, 5) is 26.3. The number of ether oxygens (including phenoxy) is 7. The number of aliphatic hydroxyl groups is 6. The fourth-order valence-corrected chi connectivity index (χ4v) is 12.9. The average molecular weight is 871 g/mol. The number of hydrogen-bond donors (Lipinski definition) is 6. The molecule has 1 aromatic rings. The molecule has 0 bridgehead atoms. The van der Waals surface area contributed by atoms with Crippen molar-refractivity contribution >= 4 is 12.3 Å². The number of rotatable bonds is 10. The number of hydrogen-bond acceptors (Lipinski definition) is 15. The van der Waals surface area contributed by atoms with E-state index in [1.165, 1.54) is 31.1 Å². The van der Waals surface area contributed by atoms with Crippen LogP contribution in [0.3, 0.4) is 0 Å². The highest BCUT2D eigenvalue weighted by molar-refractivity contribution is 5.89. The van der Waals surface area contributed by atoms with Gasteiger partial charge in [0.1, 0.15) is 48.7 Å². The van der Waals surface area contributed by atoms with Gasteiger partial charge in [0.25, 0.3) is 0 Å². The Bertz CT molecular complexity index is 1830. The standard InChI is InChI=1S/C47H66O15/c1-22(2)17-30-23(3)35-33(59-43(30)55)19-32-29-12-9-26-18-28(13-15-46(26,5)31(29)14-16-47(32,35)21-49)58-45-41(37(51)36(50)34(20-48)60-45)62-44-39(53)38(52)40(24(4)57-44)61-42(54)25-7-10-27(56-6)11-8-25/h7-11,17,21,23-24,28-41,43-45,48,50-53,55H,12-16,18-20H2,1-6H3/t23-,24+,28-,29-,30+,31-,32-,33+,34+,35-,36+,37-,38-,39-,40-,41+,43-,44-,45-,46-,47+/m1/s1. The van der Waals surface area contributed by atoms with Gasteiger partial charge in [-0.2, -0.15) is 0 Å². The van der Waals surface area contributed by atoms with Gasteiger partial charge in [-0.05, 0) is 119 Å². The van der Waals surface area contributed by atoms with E-state index in [0.29, 0.717) is 24.5 Å². The highest BCUT2D eigenvalue weighted by Gasteiger charge is 2.66. The molecule has 62 heavy (non-hydrogen) atoms. The lowest BCUT2D eigenvalue weighted by Gasteiger charge is -2.58. The number of esters is 1. The van der Waals surface area contributed by atoms with E-state index in [2.05, 4.69) is 26.0 Å². The van der Waals surface area contributed by atoms with Gasteiger partial charge in [-0.1, -0.05) is 37.1 Å². The maximum absolute atomic E-state index is 13.4. The summed E-state index contributed by atoms with van der Waals surface area (Å²) in [6.45, 7) is 9.50. The van der Waals surface area contributed by atoms with E-state index in [-0.39, 0.29) is 52.8 Å². The van der Waals surface area contributed by atoms with Gasteiger partial charge in [0.2, 0.25) is 0 Å². The zero-order chi connectivity index (χ0) is 44.4. The topological polar surface area (TPSA) is 220 Å². The summed E-state index contributed by atoms with van der Waals surface area (Å²) in [6.07, 6.45) is -4.83. The number of fused-ring (bicyclic) bond motifs is 7. The molecule has 0 radical (unpaired) electrons. The zero-order valence-corrected chi connectivity index (χ0v) is 36.5. The van der Waals surface area contributed by atoms with E-state index < -0.39 is 85.7 Å². The summed E-state index contributed by atoms with van der Waals surface area (Å²) >= 11 is 0. The highest BCUT2D eigenvalue weighted by Crippen LogP contribution is 2.68. The molecular formula is C47H66O15. The average Bonchev–Trinajstić information content (AvgIpc) is 3.59. The quantitative estimate of drug-likeness (QED) is 0.113. The van der Waals surface area contributed by atoms with Crippen LogP contribution in [0, 0.1) is 46.3 Å². The Balaban J connectivity index is 0.952. The van der Waals surface area contributed by atoms with Crippen LogP contribution in [0.25, 0.3) is 0 Å². The molecule has 0 spiro atoms. The van der Waals surface area contributed by atoms with E-state index in [1.54, 1.807) is 19.1 Å². The summed E-state index contributed by atoms with van der Waals surface area (Å²) in [5.41, 5.74) is 1.93. The van der Waals surface area contributed by atoms with Crippen molar-refractivity contribution in [1.29, 1.82) is 0 Å². The third kappa shape index (κ3) is 7.90. The predicted octanol–water partition coefficient (Wildman–Crippen LogP) is 3.20. The molecule has 3 heterocycles. The normalized spacial score (nSPS) is 47.4. The van der Waals surface area contributed by atoms with Crippen LogP contribution in [0.1, 0.15) is 89.9 Å². The smallest absolute Gasteiger partial charge is 0.338 e. The predicted molar refractivity (Wildman–Crippen MR) is 220 cm³/mol. The third-order valence-corrected chi connectivity index (χ3v) is 16.1. The zero-order valence-electron chi connectivity index (χ0n) is 36.5. The van der Waals surface area contributed by atoms with E-state index in [0.717, 1.165) is 37.7 Å². The Morgan fingerprint density at radius 3 is 2.29 bits per heavy atom. The molecule has 1 aromatic carbocycles. The van der Waals surface area contributed by atoms with E-state index in [1.807, 2.05) is 13.8 Å². The van der Waals surface area contributed by atoms with Crippen LogP contribution in [-0.2, 0) is 33.2 Å². The summed E-state index contributed by atoms with van der Waals surface area (Å²) < 4.78 is 41.7. The Labute approximate surface area is 363 Å². The number of benzene rings is 1. The number of carbonyl (C=O) groups excluding carboxylic acids is 2. The Morgan fingerprint density at radius 1 is 0.887 bits per heavy atom. The minimum Gasteiger partial charge on any atom is -0.497 e. The Kier molecular flexibility index (Phi) is 13.2. The first kappa shape index (κ1) is 45.8. The molecule has 6 fully saturated rings. The SMILES string of the molecule is COc1ccc(C(=O)O[C@H]2[C@H](O)[C@@H](O)[C@@H](O[C@@H]3[C@H](O[C@@H]4CC[C@]5(C)C(=CC[C@H]6[C@H]7C[C@@H]8O[C@@H](O)[C@@H](C=C(C)C)[C@@H](C)[C@H]8[C@]7(C=O)CC[C@H]65)C4)O[C@@H](CO)[C@H](O)[C@H]3O)O[C@H]2C)cc1. The van der Waals surface area contributed by atoms with Crippen molar-refractivity contribution in [3.8, 4) is 5.75 Å². The van der Waals surface area contributed by atoms with Crippen molar-refractivity contribution in [1.82, 2.24) is 0 Å². The molecule has 3 aliphatic heterocycles. The van der Waals surface area contributed by atoms with Gasteiger partial charge in [-0.3, -0.25) is 0 Å². The summed E-state index contributed by atoms with van der Waals surface area (Å²) in [6, 6.07) is 6.19. The monoisotopic (exact) mass is 870 g/mol. The first-order valence-corrected chi connectivity index (χ1v) is 22.5.